The molecule has 0 spiro atoms. The minimum Gasteiger partial charge on any atom is -0.350 e. The van der Waals surface area contributed by atoms with E-state index in [2.05, 4.69) is 5.32 Å². The van der Waals surface area contributed by atoms with Crippen LogP contribution in [0.2, 0.25) is 5.02 Å². The fourth-order valence-corrected chi connectivity index (χ4v) is 3.35. The second-order valence-electron chi connectivity index (χ2n) is 5.83. The summed E-state index contributed by atoms with van der Waals surface area (Å²) < 4.78 is 76.5. The highest BCUT2D eigenvalue weighted by molar-refractivity contribution is 7.92. The molecule has 0 saturated heterocycles. The molecule has 1 N–H and O–H groups in total. The van der Waals surface area contributed by atoms with Crippen molar-refractivity contribution in [1.82, 2.24) is 5.32 Å². The molecule has 0 aliphatic carbocycles. The Bertz CT molecular complexity index is 963. The molecule has 28 heavy (non-hydrogen) atoms. The molecule has 0 aliphatic heterocycles. The van der Waals surface area contributed by atoms with E-state index in [0.717, 1.165) is 18.4 Å². The molecule has 2 aromatic carbocycles. The van der Waals surface area contributed by atoms with Crippen molar-refractivity contribution in [2.24, 2.45) is 0 Å². The second-order valence-corrected chi connectivity index (χ2v) is 8.15. The van der Waals surface area contributed by atoms with Gasteiger partial charge >= 0.3 is 6.18 Å². The molecule has 0 heterocycles. The van der Waals surface area contributed by atoms with Crippen molar-refractivity contribution in [2.45, 2.75) is 12.7 Å². The first-order valence-electron chi connectivity index (χ1n) is 7.73. The van der Waals surface area contributed by atoms with Gasteiger partial charge in [0, 0.05) is 6.54 Å². The first-order chi connectivity index (χ1) is 12.9. The molecule has 2 aromatic rings. The highest BCUT2D eigenvalue weighted by atomic mass is 35.5. The smallest absolute Gasteiger partial charge is 0.350 e. The third kappa shape index (κ3) is 5.83. The van der Waals surface area contributed by atoms with Gasteiger partial charge in [-0.15, -0.1) is 0 Å². The van der Waals surface area contributed by atoms with E-state index in [1.807, 2.05) is 0 Å². The summed E-state index contributed by atoms with van der Waals surface area (Å²) in [4.78, 5) is 12.1. The fraction of sp³-hybridized carbons (Fsp3) is 0.235. The monoisotopic (exact) mass is 438 g/mol. The van der Waals surface area contributed by atoms with Crippen LogP contribution in [0.5, 0.6) is 0 Å². The highest BCUT2D eigenvalue weighted by Crippen LogP contribution is 2.37. The van der Waals surface area contributed by atoms with Gasteiger partial charge in [0.2, 0.25) is 15.9 Å². The minimum atomic E-state index is -4.79. The number of halogens is 5. The van der Waals surface area contributed by atoms with E-state index in [1.54, 1.807) is 0 Å². The van der Waals surface area contributed by atoms with Crippen molar-refractivity contribution < 1.29 is 30.8 Å². The van der Waals surface area contributed by atoms with E-state index in [0.29, 0.717) is 15.9 Å². The van der Waals surface area contributed by atoms with Crippen LogP contribution < -0.4 is 9.62 Å². The molecule has 0 aromatic heterocycles. The first-order valence-corrected chi connectivity index (χ1v) is 9.96. The molecule has 0 bridgehead atoms. The summed E-state index contributed by atoms with van der Waals surface area (Å²) in [5.74, 6) is -1.21. The van der Waals surface area contributed by atoms with Crippen molar-refractivity contribution in [2.75, 3.05) is 17.1 Å². The first kappa shape index (κ1) is 22.0. The average Bonchev–Trinajstić information content (AvgIpc) is 2.58. The van der Waals surface area contributed by atoms with Crippen LogP contribution in [-0.4, -0.2) is 27.1 Å². The SMILES string of the molecule is CS(=O)(=O)N(CC(=O)NCc1ccc(F)cc1)c1ccc(Cl)c(C(F)(F)F)c1. The Morgan fingerprint density at radius 3 is 2.29 bits per heavy atom. The summed E-state index contributed by atoms with van der Waals surface area (Å²) in [6, 6.07) is 7.79. The van der Waals surface area contributed by atoms with E-state index in [1.165, 1.54) is 24.3 Å². The number of nitrogens with zero attached hydrogens (tertiary/aromatic N) is 1. The molecule has 11 heteroatoms. The maximum atomic E-state index is 13.0. The summed E-state index contributed by atoms with van der Waals surface area (Å²) in [5, 5.41) is 1.84. The number of nitrogens with one attached hydrogen (secondary N) is 1. The Morgan fingerprint density at radius 1 is 1.14 bits per heavy atom. The van der Waals surface area contributed by atoms with Crippen molar-refractivity contribution in [1.29, 1.82) is 0 Å². The van der Waals surface area contributed by atoms with Gasteiger partial charge in [0.05, 0.1) is 22.5 Å². The van der Waals surface area contributed by atoms with Gasteiger partial charge in [-0.2, -0.15) is 13.2 Å². The Balaban J connectivity index is 2.21. The lowest BCUT2D eigenvalue weighted by molar-refractivity contribution is -0.137. The molecule has 1 amide bonds. The Morgan fingerprint density at radius 2 is 1.75 bits per heavy atom. The topological polar surface area (TPSA) is 66.5 Å². The number of carbonyl (C=O) groups excluding carboxylic acids is 1. The minimum absolute atomic E-state index is 0.00880. The average molecular weight is 439 g/mol. The number of benzene rings is 2. The third-order valence-corrected chi connectivity index (χ3v) is 5.10. The molecular formula is C17H15ClF4N2O3S. The van der Waals surface area contributed by atoms with Crippen LogP contribution in [0.1, 0.15) is 11.1 Å². The largest absolute Gasteiger partial charge is 0.417 e. The lowest BCUT2D eigenvalue weighted by atomic mass is 10.2. The van der Waals surface area contributed by atoms with Gasteiger partial charge in [-0.3, -0.25) is 9.10 Å². The van der Waals surface area contributed by atoms with Crippen molar-refractivity contribution in [3.8, 4) is 0 Å². The molecule has 0 aliphatic rings. The molecule has 0 saturated carbocycles. The van der Waals surface area contributed by atoms with E-state index in [4.69, 9.17) is 11.6 Å². The number of sulfonamides is 1. The van der Waals surface area contributed by atoms with Gasteiger partial charge < -0.3 is 5.32 Å². The zero-order valence-corrected chi connectivity index (χ0v) is 16.0. The summed E-state index contributed by atoms with van der Waals surface area (Å²) in [5.41, 5.74) is -1.00. The van der Waals surface area contributed by atoms with Crippen LogP contribution in [0, 0.1) is 5.82 Å². The van der Waals surface area contributed by atoms with E-state index >= 15 is 0 Å². The zero-order valence-electron chi connectivity index (χ0n) is 14.4. The summed E-state index contributed by atoms with van der Waals surface area (Å²) >= 11 is 5.54. The molecular weight excluding hydrogens is 424 g/mol. The maximum Gasteiger partial charge on any atom is 0.417 e. The number of amides is 1. The summed E-state index contributed by atoms with van der Waals surface area (Å²) in [7, 11) is -4.06. The second kappa shape index (κ2) is 8.36. The number of carbonyl (C=O) groups is 1. The third-order valence-electron chi connectivity index (χ3n) is 3.63. The Labute approximate surface area is 164 Å². The maximum absolute atomic E-state index is 13.0. The normalized spacial score (nSPS) is 11.9. The number of hydrogen-bond donors (Lipinski definition) is 1. The Hall–Kier alpha value is -2.33. The highest BCUT2D eigenvalue weighted by Gasteiger charge is 2.34. The zero-order chi connectivity index (χ0) is 21.1. The van der Waals surface area contributed by atoms with E-state index in [-0.39, 0.29) is 12.2 Å². The Kier molecular flexibility index (Phi) is 6.56. The molecule has 152 valence electrons. The summed E-state index contributed by atoms with van der Waals surface area (Å²) in [6.45, 7) is -0.746. The summed E-state index contributed by atoms with van der Waals surface area (Å²) in [6.07, 6.45) is -4.02. The van der Waals surface area contributed by atoms with Crippen LogP contribution in [0.15, 0.2) is 42.5 Å². The van der Waals surface area contributed by atoms with E-state index in [9.17, 15) is 30.8 Å². The predicted molar refractivity (Wildman–Crippen MR) is 96.9 cm³/mol. The van der Waals surface area contributed by atoms with Crippen molar-refractivity contribution in [3.63, 3.8) is 0 Å². The number of hydrogen-bond acceptors (Lipinski definition) is 3. The number of alkyl halides is 3. The lowest BCUT2D eigenvalue weighted by Gasteiger charge is -2.23. The van der Waals surface area contributed by atoms with Crippen LogP contribution in [-0.2, 0) is 27.5 Å². The van der Waals surface area contributed by atoms with Gasteiger partial charge in [-0.1, -0.05) is 23.7 Å². The van der Waals surface area contributed by atoms with Crippen LogP contribution in [0.3, 0.4) is 0 Å². The molecule has 5 nitrogen and oxygen atoms in total. The number of rotatable bonds is 6. The fourth-order valence-electron chi connectivity index (χ4n) is 2.27. The van der Waals surface area contributed by atoms with Crippen LogP contribution in [0.25, 0.3) is 0 Å². The molecule has 0 atom stereocenters. The van der Waals surface area contributed by atoms with Crippen LogP contribution >= 0.6 is 11.6 Å². The molecule has 0 radical (unpaired) electrons. The van der Waals surface area contributed by atoms with Gasteiger partial charge in [-0.05, 0) is 35.9 Å². The lowest BCUT2D eigenvalue weighted by Crippen LogP contribution is -2.40. The molecule has 0 unspecified atom stereocenters. The van der Waals surface area contributed by atoms with Gasteiger partial charge in [0.15, 0.2) is 0 Å². The van der Waals surface area contributed by atoms with Gasteiger partial charge in [-0.25, -0.2) is 12.8 Å². The molecule has 0 fully saturated rings. The van der Waals surface area contributed by atoms with E-state index < -0.39 is 45.1 Å². The van der Waals surface area contributed by atoms with Crippen LogP contribution in [0.4, 0.5) is 23.2 Å². The quantitative estimate of drug-likeness (QED) is 0.701. The van der Waals surface area contributed by atoms with Crippen molar-refractivity contribution in [3.05, 3.63) is 64.4 Å². The standard InChI is InChI=1S/C17H15ClF4N2O3S/c1-28(26,27)24(13-6-7-15(18)14(8-13)17(20,21)22)10-16(25)23-9-11-2-4-12(19)5-3-11/h2-8H,9-10H2,1H3,(H,23,25). The number of anilines is 1. The van der Waals surface area contributed by atoms with Gasteiger partial charge in [0.25, 0.3) is 0 Å². The van der Waals surface area contributed by atoms with Crippen molar-refractivity contribution >= 4 is 33.2 Å². The van der Waals surface area contributed by atoms with Gasteiger partial charge in [0.1, 0.15) is 12.4 Å². The molecule has 2 rings (SSSR count). The predicted octanol–water partition coefficient (Wildman–Crippen LogP) is 3.58.